The van der Waals surface area contributed by atoms with Gasteiger partial charge in [0, 0.05) is 18.3 Å². The van der Waals surface area contributed by atoms with Crippen LogP contribution in [0.25, 0.3) is 0 Å². The van der Waals surface area contributed by atoms with E-state index in [2.05, 4.69) is 16.0 Å². The summed E-state index contributed by atoms with van der Waals surface area (Å²) in [5.41, 5.74) is 1.36. The lowest BCUT2D eigenvalue weighted by atomic mass is 10.2. The van der Waals surface area contributed by atoms with Crippen LogP contribution in [0.5, 0.6) is 0 Å². The molecule has 0 aliphatic heterocycles. The Kier molecular flexibility index (Phi) is 6.00. The number of carbonyl (C=O) groups excluding carboxylic acids is 2. The summed E-state index contributed by atoms with van der Waals surface area (Å²) < 4.78 is 0. The van der Waals surface area contributed by atoms with Crippen LogP contribution in [0.1, 0.15) is 6.92 Å². The third-order valence-electron chi connectivity index (χ3n) is 3.09. The van der Waals surface area contributed by atoms with Gasteiger partial charge in [-0.3, -0.25) is 9.59 Å². The Labute approximate surface area is 140 Å². The van der Waals surface area contributed by atoms with Crippen molar-refractivity contribution in [3.05, 3.63) is 59.6 Å². The van der Waals surface area contributed by atoms with E-state index in [-0.39, 0.29) is 6.04 Å². The maximum atomic E-state index is 11.9. The highest BCUT2D eigenvalue weighted by molar-refractivity contribution is 6.41. The maximum Gasteiger partial charge on any atom is 0.313 e. The second kappa shape index (κ2) is 8.19. The summed E-state index contributed by atoms with van der Waals surface area (Å²) in [6, 6.07) is 16.2. The Hall–Kier alpha value is -2.53. The summed E-state index contributed by atoms with van der Waals surface area (Å²) >= 11 is 5.94. The minimum absolute atomic E-state index is 0.209. The Morgan fingerprint density at radius 3 is 2.35 bits per heavy atom. The van der Waals surface area contributed by atoms with Crippen molar-refractivity contribution in [1.82, 2.24) is 5.32 Å². The van der Waals surface area contributed by atoms with Gasteiger partial charge in [-0.15, -0.1) is 0 Å². The first-order valence-corrected chi connectivity index (χ1v) is 7.59. The summed E-state index contributed by atoms with van der Waals surface area (Å²) in [6.07, 6.45) is 0. The van der Waals surface area contributed by atoms with Crippen molar-refractivity contribution in [2.24, 2.45) is 0 Å². The summed E-state index contributed by atoms with van der Waals surface area (Å²) in [7, 11) is 0. The zero-order chi connectivity index (χ0) is 16.7. The fraction of sp³-hybridized carbons (Fsp3) is 0.176. The van der Waals surface area contributed by atoms with Gasteiger partial charge in [-0.1, -0.05) is 41.9 Å². The molecule has 0 aliphatic carbocycles. The number of halogens is 1. The number of nitrogens with one attached hydrogen (secondary N) is 3. The van der Waals surface area contributed by atoms with E-state index in [1.54, 1.807) is 24.3 Å². The van der Waals surface area contributed by atoms with Crippen LogP contribution in [0.15, 0.2) is 54.6 Å². The van der Waals surface area contributed by atoms with E-state index in [0.29, 0.717) is 17.3 Å². The lowest BCUT2D eigenvalue weighted by Crippen LogP contribution is -2.43. The van der Waals surface area contributed by atoms with Gasteiger partial charge < -0.3 is 16.0 Å². The van der Waals surface area contributed by atoms with Gasteiger partial charge in [-0.05, 0) is 31.2 Å². The molecular weight excluding hydrogens is 314 g/mol. The highest BCUT2D eigenvalue weighted by atomic mass is 35.5. The van der Waals surface area contributed by atoms with E-state index in [4.69, 9.17) is 11.6 Å². The van der Waals surface area contributed by atoms with Gasteiger partial charge in [-0.25, -0.2) is 0 Å². The number of anilines is 2. The molecule has 120 valence electrons. The van der Waals surface area contributed by atoms with Gasteiger partial charge in [-0.2, -0.15) is 0 Å². The molecule has 0 fully saturated rings. The number of hydrogen-bond acceptors (Lipinski definition) is 3. The first-order valence-electron chi connectivity index (χ1n) is 7.21. The topological polar surface area (TPSA) is 70.2 Å². The van der Waals surface area contributed by atoms with E-state index < -0.39 is 11.8 Å². The van der Waals surface area contributed by atoms with Gasteiger partial charge >= 0.3 is 11.8 Å². The van der Waals surface area contributed by atoms with Crippen molar-refractivity contribution >= 4 is 34.8 Å². The van der Waals surface area contributed by atoms with Crippen LogP contribution < -0.4 is 16.0 Å². The standard InChI is InChI=1S/C17H18ClN3O2/c1-12(11-19-13-7-3-2-4-8-13)20-16(22)17(23)21-15-10-6-5-9-14(15)18/h2-10,12,19H,11H2,1H3,(H,20,22)(H,21,23)/t12-/m1/s1. The second-order valence-electron chi connectivity index (χ2n) is 5.06. The largest absolute Gasteiger partial charge is 0.383 e. The number of rotatable bonds is 5. The number of carbonyl (C=O) groups is 2. The van der Waals surface area contributed by atoms with Crippen molar-refractivity contribution < 1.29 is 9.59 Å². The number of hydrogen-bond donors (Lipinski definition) is 3. The van der Waals surface area contributed by atoms with Crippen LogP contribution in [0.2, 0.25) is 5.02 Å². The average molecular weight is 332 g/mol. The molecule has 5 nitrogen and oxygen atoms in total. The molecule has 23 heavy (non-hydrogen) atoms. The highest BCUT2D eigenvalue weighted by Gasteiger charge is 2.17. The molecule has 2 amide bonds. The minimum atomic E-state index is -0.746. The molecule has 0 saturated heterocycles. The first-order chi connectivity index (χ1) is 11.1. The van der Waals surface area contributed by atoms with Gasteiger partial charge in [0.1, 0.15) is 0 Å². The molecule has 2 aromatic carbocycles. The second-order valence-corrected chi connectivity index (χ2v) is 5.46. The van der Waals surface area contributed by atoms with Crippen molar-refractivity contribution in [3.63, 3.8) is 0 Å². The van der Waals surface area contributed by atoms with Crippen molar-refractivity contribution in [3.8, 4) is 0 Å². The van der Waals surface area contributed by atoms with Crippen molar-refractivity contribution in [2.45, 2.75) is 13.0 Å². The van der Waals surface area contributed by atoms with E-state index in [9.17, 15) is 9.59 Å². The predicted molar refractivity (Wildman–Crippen MR) is 92.6 cm³/mol. The van der Waals surface area contributed by atoms with Gasteiger partial charge in [0.25, 0.3) is 0 Å². The molecule has 2 rings (SSSR count). The molecule has 0 saturated carbocycles. The van der Waals surface area contributed by atoms with E-state index in [1.165, 1.54) is 0 Å². The zero-order valence-corrected chi connectivity index (χ0v) is 13.4. The third-order valence-corrected chi connectivity index (χ3v) is 3.42. The smallest absolute Gasteiger partial charge is 0.313 e. The Balaban J connectivity index is 1.81. The molecule has 3 N–H and O–H groups in total. The summed E-state index contributed by atoms with van der Waals surface area (Å²) in [5, 5.41) is 8.68. The van der Waals surface area contributed by atoms with Crippen molar-refractivity contribution in [1.29, 1.82) is 0 Å². The van der Waals surface area contributed by atoms with E-state index in [1.807, 2.05) is 37.3 Å². The van der Waals surface area contributed by atoms with Crippen LogP contribution in [0, 0.1) is 0 Å². The molecule has 0 bridgehead atoms. The molecular formula is C17H18ClN3O2. The molecule has 0 heterocycles. The molecule has 1 atom stereocenters. The highest BCUT2D eigenvalue weighted by Crippen LogP contribution is 2.20. The van der Waals surface area contributed by atoms with Gasteiger partial charge in [0.15, 0.2) is 0 Å². The molecule has 0 unspecified atom stereocenters. The van der Waals surface area contributed by atoms with Crippen LogP contribution in [-0.4, -0.2) is 24.4 Å². The average Bonchev–Trinajstić information content (AvgIpc) is 2.56. The lowest BCUT2D eigenvalue weighted by molar-refractivity contribution is -0.136. The number of para-hydroxylation sites is 2. The molecule has 0 spiro atoms. The SMILES string of the molecule is C[C@H](CNc1ccccc1)NC(=O)C(=O)Nc1ccccc1Cl. The quantitative estimate of drug-likeness (QED) is 0.738. The molecule has 6 heteroatoms. The van der Waals surface area contributed by atoms with Crippen molar-refractivity contribution in [2.75, 3.05) is 17.2 Å². The maximum absolute atomic E-state index is 11.9. The lowest BCUT2D eigenvalue weighted by Gasteiger charge is -2.15. The van der Waals surface area contributed by atoms with Crippen LogP contribution >= 0.6 is 11.6 Å². The van der Waals surface area contributed by atoms with Crippen LogP contribution in [-0.2, 0) is 9.59 Å². The van der Waals surface area contributed by atoms with Crippen LogP contribution in [0.3, 0.4) is 0 Å². The Morgan fingerprint density at radius 2 is 1.65 bits per heavy atom. The van der Waals surface area contributed by atoms with Crippen LogP contribution in [0.4, 0.5) is 11.4 Å². The fourth-order valence-corrected chi connectivity index (χ4v) is 2.09. The summed E-state index contributed by atoms with van der Waals surface area (Å²) in [4.78, 5) is 23.8. The monoisotopic (exact) mass is 331 g/mol. The molecule has 0 radical (unpaired) electrons. The number of amides is 2. The fourth-order valence-electron chi connectivity index (χ4n) is 1.91. The molecule has 2 aromatic rings. The van der Waals surface area contributed by atoms with E-state index in [0.717, 1.165) is 5.69 Å². The first kappa shape index (κ1) is 16.8. The minimum Gasteiger partial charge on any atom is -0.383 e. The normalized spacial score (nSPS) is 11.4. The predicted octanol–water partition coefficient (Wildman–Crippen LogP) is 2.90. The van der Waals surface area contributed by atoms with Gasteiger partial charge in [0.05, 0.1) is 10.7 Å². The Morgan fingerprint density at radius 1 is 1.00 bits per heavy atom. The number of benzene rings is 2. The molecule has 0 aromatic heterocycles. The summed E-state index contributed by atoms with van der Waals surface area (Å²) in [6.45, 7) is 2.33. The third kappa shape index (κ3) is 5.30. The summed E-state index contributed by atoms with van der Waals surface area (Å²) in [5.74, 6) is -1.45. The zero-order valence-electron chi connectivity index (χ0n) is 12.7. The van der Waals surface area contributed by atoms with Gasteiger partial charge in [0.2, 0.25) is 0 Å². The van der Waals surface area contributed by atoms with E-state index >= 15 is 0 Å². The molecule has 0 aliphatic rings. The Bertz CT molecular complexity index is 677.